The number of nitrogens with zero attached hydrogens (tertiary/aromatic N) is 3. The Morgan fingerprint density at radius 2 is 1.92 bits per heavy atom. The second kappa shape index (κ2) is 5.78. The van der Waals surface area contributed by atoms with E-state index in [1.807, 2.05) is 43.3 Å². The van der Waals surface area contributed by atoms with E-state index in [0.29, 0.717) is 10.2 Å². The van der Waals surface area contributed by atoms with E-state index in [0.717, 1.165) is 27.0 Å². The van der Waals surface area contributed by atoms with Crippen molar-refractivity contribution in [1.29, 1.82) is 0 Å². The third kappa shape index (κ3) is 2.49. The number of hydrogen-bond donors (Lipinski definition) is 1. The summed E-state index contributed by atoms with van der Waals surface area (Å²) in [6, 6.07) is 11.9. The molecule has 1 N–H and O–H groups in total. The largest absolute Gasteiger partial charge is 0.480 e. The standard InChI is InChI=1S/C18H13N3O3S/c1-9-8-11(10-6-4-3-5-7-10)19-17-12(9)13-14(25-17)16(24-2)21-15(20-13)18(22)23/h3-8H,1-2H3,(H,22,23). The molecule has 0 fully saturated rings. The molecule has 4 rings (SSSR count). The van der Waals surface area contributed by atoms with Crippen LogP contribution in [0, 0.1) is 6.92 Å². The molecule has 7 heteroatoms. The van der Waals surface area contributed by atoms with Gasteiger partial charge in [-0.2, -0.15) is 4.98 Å². The lowest BCUT2D eigenvalue weighted by Crippen LogP contribution is -2.05. The van der Waals surface area contributed by atoms with E-state index in [-0.39, 0.29) is 11.7 Å². The lowest BCUT2D eigenvalue weighted by molar-refractivity contribution is 0.0683. The fraction of sp³-hybridized carbons (Fsp3) is 0.111. The minimum atomic E-state index is -1.19. The van der Waals surface area contributed by atoms with Gasteiger partial charge in [0.05, 0.1) is 18.3 Å². The van der Waals surface area contributed by atoms with Crippen molar-refractivity contribution >= 4 is 37.7 Å². The van der Waals surface area contributed by atoms with Gasteiger partial charge in [-0.15, -0.1) is 11.3 Å². The van der Waals surface area contributed by atoms with Crippen molar-refractivity contribution in [2.45, 2.75) is 6.92 Å². The van der Waals surface area contributed by atoms with Crippen molar-refractivity contribution in [1.82, 2.24) is 15.0 Å². The lowest BCUT2D eigenvalue weighted by Gasteiger charge is -2.04. The number of pyridine rings is 1. The number of methoxy groups -OCH3 is 1. The molecule has 4 aromatic rings. The monoisotopic (exact) mass is 351 g/mol. The molecule has 6 nitrogen and oxygen atoms in total. The number of ether oxygens (including phenoxy) is 1. The van der Waals surface area contributed by atoms with Crippen LogP contribution in [0.15, 0.2) is 36.4 Å². The van der Waals surface area contributed by atoms with Crippen LogP contribution in [0.5, 0.6) is 5.88 Å². The third-order valence-electron chi connectivity index (χ3n) is 3.91. The molecule has 0 radical (unpaired) electrons. The molecule has 0 atom stereocenters. The molecule has 0 aliphatic carbocycles. The lowest BCUT2D eigenvalue weighted by atomic mass is 10.1. The summed E-state index contributed by atoms with van der Waals surface area (Å²) in [5, 5.41) is 10.1. The summed E-state index contributed by atoms with van der Waals surface area (Å²) in [5.41, 5.74) is 3.43. The van der Waals surface area contributed by atoms with E-state index in [9.17, 15) is 9.90 Å². The second-order valence-corrected chi connectivity index (χ2v) is 6.51. The Bertz CT molecular complexity index is 1120. The number of carbonyl (C=O) groups is 1. The van der Waals surface area contributed by atoms with E-state index in [2.05, 4.69) is 9.97 Å². The average Bonchev–Trinajstić information content (AvgIpc) is 3.00. The molecule has 0 bridgehead atoms. The second-order valence-electron chi connectivity index (χ2n) is 5.51. The predicted molar refractivity (Wildman–Crippen MR) is 96.4 cm³/mol. The SMILES string of the molecule is COc1nc(C(=O)O)nc2c1sc1nc(-c3ccccc3)cc(C)c12. The van der Waals surface area contributed by atoms with E-state index in [4.69, 9.17) is 9.72 Å². The van der Waals surface area contributed by atoms with Gasteiger partial charge >= 0.3 is 5.97 Å². The van der Waals surface area contributed by atoms with Gasteiger partial charge in [0, 0.05) is 10.9 Å². The normalized spacial score (nSPS) is 11.1. The quantitative estimate of drug-likeness (QED) is 0.602. The number of hydrogen-bond acceptors (Lipinski definition) is 6. The highest BCUT2D eigenvalue weighted by Crippen LogP contribution is 2.39. The van der Waals surface area contributed by atoms with Gasteiger partial charge in [-0.1, -0.05) is 30.3 Å². The molecule has 0 saturated carbocycles. The van der Waals surface area contributed by atoms with E-state index < -0.39 is 5.97 Å². The molecule has 0 aliphatic heterocycles. The van der Waals surface area contributed by atoms with Crippen LogP contribution >= 0.6 is 11.3 Å². The van der Waals surface area contributed by atoms with Crippen molar-refractivity contribution < 1.29 is 14.6 Å². The number of aromatic nitrogens is 3. The molecule has 0 amide bonds. The van der Waals surface area contributed by atoms with Crippen LogP contribution in [-0.2, 0) is 0 Å². The number of carboxylic acids is 1. The summed E-state index contributed by atoms with van der Waals surface area (Å²) in [7, 11) is 1.47. The minimum absolute atomic E-state index is 0.256. The van der Waals surface area contributed by atoms with Gasteiger partial charge in [0.2, 0.25) is 11.7 Å². The Kier molecular flexibility index (Phi) is 3.58. The third-order valence-corrected chi connectivity index (χ3v) is 4.97. The first-order valence-electron chi connectivity index (χ1n) is 7.53. The molecule has 0 spiro atoms. The van der Waals surface area contributed by atoms with Crippen LogP contribution < -0.4 is 4.74 Å². The number of aromatic carboxylic acids is 1. The number of thiophene rings is 1. The molecular weight excluding hydrogens is 338 g/mol. The first kappa shape index (κ1) is 15.5. The average molecular weight is 351 g/mol. The zero-order valence-corrected chi connectivity index (χ0v) is 14.3. The van der Waals surface area contributed by atoms with E-state index in [1.54, 1.807) is 0 Å². The number of carboxylic acid groups (broad SMARTS) is 1. The molecule has 0 saturated heterocycles. The summed E-state index contributed by atoms with van der Waals surface area (Å²) in [6.45, 7) is 1.97. The van der Waals surface area contributed by atoms with Crippen LogP contribution in [0.2, 0.25) is 0 Å². The summed E-state index contributed by atoms with van der Waals surface area (Å²) >= 11 is 1.40. The number of benzene rings is 1. The zero-order chi connectivity index (χ0) is 17.6. The van der Waals surface area contributed by atoms with Gasteiger partial charge in [-0.3, -0.25) is 0 Å². The van der Waals surface area contributed by atoms with Crippen molar-refractivity contribution in [3.63, 3.8) is 0 Å². The highest BCUT2D eigenvalue weighted by atomic mass is 32.1. The van der Waals surface area contributed by atoms with Crippen molar-refractivity contribution in [2.24, 2.45) is 0 Å². The Labute approximate surface area is 146 Å². The number of rotatable bonds is 3. The topological polar surface area (TPSA) is 85.2 Å². The first-order valence-corrected chi connectivity index (χ1v) is 8.34. The highest BCUT2D eigenvalue weighted by molar-refractivity contribution is 7.25. The molecule has 25 heavy (non-hydrogen) atoms. The Balaban J connectivity index is 2.06. The maximum Gasteiger partial charge on any atom is 0.374 e. The summed E-state index contributed by atoms with van der Waals surface area (Å²) in [5.74, 6) is -1.22. The molecule has 3 heterocycles. The van der Waals surface area contributed by atoms with Gasteiger partial charge in [-0.05, 0) is 18.6 Å². The van der Waals surface area contributed by atoms with Crippen LogP contribution in [0.25, 0.3) is 31.7 Å². The minimum Gasteiger partial charge on any atom is -0.480 e. The van der Waals surface area contributed by atoms with Gasteiger partial charge < -0.3 is 9.84 Å². The molecule has 1 aromatic carbocycles. The summed E-state index contributed by atoms with van der Waals surface area (Å²) < 4.78 is 5.97. The van der Waals surface area contributed by atoms with Crippen molar-refractivity contribution in [2.75, 3.05) is 7.11 Å². The zero-order valence-electron chi connectivity index (χ0n) is 13.5. The molecule has 0 aliphatic rings. The van der Waals surface area contributed by atoms with Crippen LogP contribution in [0.3, 0.4) is 0 Å². The maximum absolute atomic E-state index is 11.3. The van der Waals surface area contributed by atoms with Gasteiger partial charge in [-0.25, -0.2) is 14.8 Å². The Morgan fingerprint density at radius 1 is 1.16 bits per heavy atom. The Hall–Kier alpha value is -3.06. The van der Waals surface area contributed by atoms with Crippen molar-refractivity contribution in [3.05, 3.63) is 47.8 Å². The van der Waals surface area contributed by atoms with E-state index >= 15 is 0 Å². The molecule has 3 aromatic heterocycles. The summed E-state index contributed by atoms with van der Waals surface area (Å²) in [6.07, 6.45) is 0. The molecular formula is C18H13N3O3S. The van der Waals surface area contributed by atoms with Crippen LogP contribution in [0.4, 0.5) is 0 Å². The smallest absolute Gasteiger partial charge is 0.374 e. The fourth-order valence-electron chi connectivity index (χ4n) is 2.78. The predicted octanol–water partition coefficient (Wildman–Crippen LogP) is 3.92. The van der Waals surface area contributed by atoms with Gasteiger partial charge in [0.25, 0.3) is 0 Å². The number of aryl methyl sites for hydroxylation is 1. The fourth-order valence-corrected chi connectivity index (χ4v) is 3.94. The van der Waals surface area contributed by atoms with Crippen LogP contribution in [0.1, 0.15) is 16.2 Å². The Morgan fingerprint density at radius 3 is 2.60 bits per heavy atom. The molecule has 0 unspecified atom stereocenters. The van der Waals surface area contributed by atoms with Crippen molar-refractivity contribution in [3.8, 4) is 17.1 Å². The maximum atomic E-state index is 11.3. The van der Waals surface area contributed by atoms with E-state index in [1.165, 1.54) is 18.4 Å². The first-order chi connectivity index (χ1) is 12.1. The van der Waals surface area contributed by atoms with Gasteiger partial charge in [0.1, 0.15) is 9.53 Å². The molecule has 124 valence electrons. The summed E-state index contributed by atoms with van der Waals surface area (Å²) in [4.78, 5) is 25.0. The number of fused-ring (bicyclic) bond motifs is 3. The highest BCUT2D eigenvalue weighted by Gasteiger charge is 2.20. The van der Waals surface area contributed by atoms with Crippen LogP contribution in [-0.4, -0.2) is 33.1 Å². The van der Waals surface area contributed by atoms with Gasteiger partial charge in [0.15, 0.2) is 0 Å².